The number of carboxylic acid groups (broad SMARTS) is 1. The number of carboxylic acids is 1. The van der Waals surface area contributed by atoms with Gasteiger partial charge in [-0.2, -0.15) is 0 Å². The van der Waals surface area contributed by atoms with E-state index in [0.29, 0.717) is 6.42 Å². The molecule has 0 aromatic rings. The lowest BCUT2D eigenvalue weighted by Gasteiger charge is -2.10. The fourth-order valence-corrected chi connectivity index (χ4v) is 1.08. The SMILES string of the molecule is CCC(CNC(=O)CCNC(C)=O)C(=O)O. The molecule has 1 atom stereocenters. The van der Waals surface area contributed by atoms with E-state index >= 15 is 0 Å². The quantitative estimate of drug-likeness (QED) is 0.561. The monoisotopic (exact) mass is 230 g/mol. The van der Waals surface area contributed by atoms with Gasteiger partial charge >= 0.3 is 5.97 Å². The number of hydrogen-bond donors (Lipinski definition) is 3. The van der Waals surface area contributed by atoms with Crippen LogP contribution in [-0.4, -0.2) is 36.0 Å². The first-order chi connectivity index (χ1) is 7.47. The van der Waals surface area contributed by atoms with Gasteiger partial charge in [-0.25, -0.2) is 0 Å². The van der Waals surface area contributed by atoms with Gasteiger partial charge in [-0.1, -0.05) is 6.92 Å². The predicted octanol–water partition coefficient (Wildman–Crippen LogP) is -0.260. The summed E-state index contributed by atoms with van der Waals surface area (Å²) >= 11 is 0. The summed E-state index contributed by atoms with van der Waals surface area (Å²) < 4.78 is 0. The van der Waals surface area contributed by atoms with Gasteiger partial charge in [-0.15, -0.1) is 0 Å². The molecule has 6 heteroatoms. The molecular formula is C10H18N2O4. The number of nitrogens with one attached hydrogen (secondary N) is 2. The van der Waals surface area contributed by atoms with Crippen molar-refractivity contribution in [2.45, 2.75) is 26.7 Å². The van der Waals surface area contributed by atoms with Crippen molar-refractivity contribution in [3.8, 4) is 0 Å². The Labute approximate surface area is 94.4 Å². The van der Waals surface area contributed by atoms with Gasteiger partial charge in [-0.3, -0.25) is 14.4 Å². The van der Waals surface area contributed by atoms with Crippen LogP contribution in [0, 0.1) is 5.92 Å². The molecule has 0 fully saturated rings. The van der Waals surface area contributed by atoms with Gasteiger partial charge in [0.2, 0.25) is 11.8 Å². The van der Waals surface area contributed by atoms with E-state index in [1.54, 1.807) is 6.92 Å². The Morgan fingerprint density at radius 1 is 1.25 bits per heavy atom. The number of rotatable bonds is 7. The second-order valence-electron chi connectivity index (χ2n) is 3.48. The topological polar surface area (TPSA) is 95.5 Å². The first-order valence-corrected chi connectivity index (χ1v) is 5.21. The smallest absolute Gasteiger partial charge is 0.308 e. The van der Waals surface area contributed by atoms with E-state index in [0.717, 1.165) is 0 Å². The normalized spacial score (nSPS) is 11.6. The highest BCUT2D eigenvalue weighted by Crippen LogP contribution is 2.00. The average molecular weight is 230 g/mol. The van der Waals surface area contributed by atoms with Crippen LogP contribution in [0.1, 0.15) is 26.7 Å². The molecule has 0 aliphatic rings. The lowest BCUT2D eigenvalue weighted by Crippen LogP contribution is -2.34. The third-order valence-electron chi connectivity index (χ3n) is 2.11. The summed E-state index contributed by atoms with van der Waals surface area (Å²) in [5.41, 5.74) is 0. The van der Waals surface area contributed by atoms with Crippen molar-refractivity contribution in [2.75, 3.05) is 13.1 Å². The summed E-state index contributed by atoms with van der Waals surface area (Å²) in [7, 11) is 0. The van der Waals surface area contributed by atoms with Crippen molar-refractivity contribution in [3.05, 3.63) is 0 Å². The van der Waals surface area contributed by atoms with Crippen molar-refractivity contribution >= 4 is 17.8 Å². The fraction of sp³-hybridized carbons (Fsp3) is 0.700. The summed E-state index contributed by atoms with van der Waals surface area (Å²) in [4.78, 5) is 32.4. The Morgan fingerprint density at radius 2 is 1.88 bits per heavy atom. The van der Waals surface area contributed by atoms with E-state index in [-0.39, 0.29) is 31.3 Å². The molecule has 0 heterocycles. The molecule has 0 aliphatic carbocycles. The molecule has 0 saturated heterocycles. The Kier molecular flexibility index (Phi) is 6.91. The van der Waals surface area contributed by atoms with Gasteiger partial charge in [0.15, 0.2) is 0 Å². The van der Waals surface area contributed by atoms with E-state index in [9.17, 15) is 14.4 Å². The van der Waals surface area contributed by atoms with Gasteiger partial charge in [0.05, 0.1) is 5.92 Å². The van der Waals surface area contributed by atoms with Crippen molar-refractivity contribution < 1.29 is 19.5 Å². The standard InChI is InChI=1S/C10H18N2O4/c1-3-8(10(15)16)6-12-9(14)4-5-11-7(2)13/h8H,3-6H2,1-2H3,(H,11,13)(H,12,14)(H,15,16). The summed E-state index contributed by atoms with van der Waals surface area (Å²) in [6.45, 7) is 3.52. The molecule has 6 nitrogen and oxygen atoms in total. The van der Waals surface area contributed by atoms with Crippen molar-refractivity contribution in [2.24, 2.45) is 5.92 Å². The number of carbonyl (C=O) groups excluding carboxylic acids is 2. The van der Waals surface area contributed by atoms with Gasteiger partial charge in [0.25, 0.3) is 0 Å². The molecule has 0 spiro atoms. The van der Waals surface area contributed by atoms with Crippen LogP contribution in [0.25, 0.3) is 0 Å². The van der Waals surface area contributed by atoms with Crippen LogP contribution < -0.4 is 10.6 Å². The Hall–Kier alpha value is -1.59. The van der Waals surface area contributed by atoms with Crippen LogP contribution in [-0.2, 0) is 14.4 Å². The molecule has 2 amide bonds. The lowest BCUT2D eigenvalue weighted by atomic mass is 10.1. The van der Waals surface area contributed by atoms with Gasteiger partial charge in [0, 0.05) is 26.4 Å². The maximum atomic E-state index is 11.2. The Balaban J connectivity index is 3.71. The van der Waals surface area contributed by atoms with Gasteiger partial charge in [-0.05, 0) is 6.42 Å². The molecule has 3 N–H and O–H groups in total. The molecule has 0 aromatic heterocycles. The minimum absolute atomic E-state index is 0.130. The minimum Gasteiger partial charge on any atom is -0.481 e. The maximum absolute atomic E-state index is 11.2. The van der Waals surface area contributed by atoms with E-state index in [4.69, 9.17) is 5.11 Å². The lowest BCUT2D eigenvalue weighted by molar-refractivity contribution is -0.141. The average Bonchev–Trinajstić information content (AvgIpc) is 2.17. The molecule has 0 aliphatic heterocycles. The summed E-state index contributed by atoms with van der Waals surface area (Å²) in [5.74, 6) is -1.91. The predicted molar refractivity (Wildman–Crippen MR) is 57.7 cm³/mol. The molecule has 16 heavy (non-hydrogen) atoms. The first kappa shape index (κ1) is 14.4. The molecular weight excluding hydrogens is 212 g/mol. The first-order valence-electron chi connectivity index (χ1n) is 5.21. The molecule has 0 bridgehead atoms. The molecule has 0 saturated carbocycles. The van der Waals surface area contributed by atoms with E-state index in [1.165, 1.54) is 6.92 Å². The van der Waals surface area contributed by atoms with Crippen molar-refractivity contribution in [3.63, 3.8) is 0 Å². The highest BCUT2D eigenvalue weighted by Gasteiger charge is 2.15. The van der Waals surface area contributed by atoms with Crippen LogP contribution in [0.2, 0.25) is 0 Å². The molecule has 0 radical (unpaired) electrons. The number of hydrogen-bond acceptors (Lipinski definition) is 3. The largest absolute Gasteiger partial charge is 0.481 e. The summed E-state index contributed by atoms with van der Waals surface area (Å²) in [5, 5.41) is 13.7. The number of aliphatic carboxylic acids is 1. The van der Waals surface area contributed by atoms with Crippen LogP contribution >= 0.6 is 0 Å². The zero-order valence-electron chi connectivity index (χ0n) is 9.58. The fourth-order valence-electron chi connectivity index (χ4n) is 1.08. The van der Waals surface area contributed by atoms with E-state index in [1.807, 2.05) is 0 Å². The van der Waals surface area contributed by atoms with Crippen molar-refractivity contribution in [1.29, 1.82) is 0 Å². The van der Waals surface area contributed by atoms with Crippen LogP contribution in [0.3, 0.4) is 0 Å². The minimum atomic E-state index is -0.912. The number of carbonyl (C=O) groups is 3. The van der Waals surface area contributed by atoms with Gasteiger partial charge in [0.1, 0.15) is 0 Å². The second kappa shape index (κ2) is 7.67. The van der Waals surface area contributed by atoms with Crippen molar-refractivity contribution in [1.82, 2.24) is 10.6 Å². The molecule has 1 unspecified atom stereocenters. The highest BCUT2D eigenvalue weighted by molar-refractivity contribution is 5.78. The highest BCUT2D eigenvalue weighted by atomic mass is 16.4. The van der Waals surface area contributed by atoms with Crippen LogP contribution in [0.4, 0.5) is 0 Å². The van der Waals surface area contributed by atoms with Gasteiger partial charge < -0.3 is 15.7 Å². The Morgan fingerprint density at radius 3 is 2.31 bits per heavy atom. The third kappa shape index (κ3) is 6.80. The second-order valence-corrected chi connectivity index (χ2v) is 3.48. The summed E-state index contributed by atoms with van der Waals surface area (Å²) in [6.07, 6.45) is 0.636. The molecule has 92 valence electrons. The van der Waals surface area contributed by atoms with Crippen LogP contribution in [0.5, 0.6) is 0 Å². The zero-order valence-corrected chi connectivity index (χ0v) is 9.58. The molecule has 0 rings (SSSR count). The zero-order chi connectivity index (χ0) is 12.6. The molecule has 0 aromatic carbocycles. The van der Waals surface area contributed by atoms with E-state index in [2.05, 4.69) is 10.6 Å². The summed E-state index contributed by atoms with van der Waals surface area (Å²) in [6, 6.07) is 0. The number of amides is 2. The van der Waals surface area contributed by atoms with Crippen LogP contribution in [0.15, 0.2) is 0 Å². The van der Waals surface area contributed by atoms with E-state index < -0.39 is 11.9 Å². The Bertz CT molecular complexity index is 266. The maximum Gasteiger partial charge on any atom is 0.308 e. The third-order valence-corrected chi connectivity index (χ3v) is 2.11.